The summed E-state index contributed by atoms with van der Waals surface area (Å²) in [7, 11) is 0. The highest BCUT2D eigenvalue weighted by atomic mass is 16.2. The molecule has 11 heavy (non-hydrogen) atoms. The van der Waals surface area contributed by atoms with E-state index in [1.54, 1.807) is 0 Å². The van der Waals surface area contributed by atoms with Gasteiger partial charge in [-0.05, 0) is 12.8 Å². The SMILES string of the molecule is O=C1NC2CC3CC1C2CN3. The lowest BCUT2D eigenvalue weighted by atomic mass is 9.73. The van der Waals surface area contributed by atoms with Crippen molar-refractivity contribution in [2.75, 3.05) is 6.54 Å². The lowest BCUT2D eigenvalue weighted by Crippen LogP contribution is -2.53. The van der Waals surface area contributed by atoms with E-state index >= 15 is 0 Å². The first kappa shape index (κ1) is 6.00. The predicted molar refractivity (Wildman–Crippen MR) is 39.9 cm³/mol. The van der Waals surface area contributed by atoms with Gasteiger partial charge in [-0.3, -0.25) is 4.79 Å². The Kier molecular flexibility index (Phi) is 0.969. The van der Waals surface area contributed by atoms with E-state index in [-0.39, 0.29) is 0 Å². The Balaban J connectivity index is 1.99. The van der Waals surface area contributed by atoms with Crippen molar-refractivity contribution in [3.8, 4) is 0 Å². The molecule has 60 valence electrons. The molecule has 4 aliphatic rings. The summed E-state index contributed by atoms with van der Waals surface area (Å²) >= 11 is 0. The van der Waals surface area contributed by atoms with Gasteiger partial charge in [0.2, 0.25) is 5.91 Å². The quantitative estimate of drug-likeness (QED) is 0.490. The van der Waals surface area contributed by atoms with Gasteiger partial charge in [0.05, 0.1) is 0 Å². The summed E-state index contributed by atoms with van der Waals surface area (Å²) in [5, 5.41) is 6.52. The zero-order valence-corrected chi connectivity index (χ0v) is 6.34. The van der Waals surface area contributed by atoms with Crippen LogP contribution in [-0.4, -0.2) is 24.5 Å². The second-order valence-corrected chi connectivity index (χ2v) is 3.96. The molecule has 4 bridgehead atoms. The monoisotopic (exact) mass is 152 g/mol. The second-order valence-electron chi connectivity index (χ2n) is 3.96. The molecule has 1 amide bonds. The molecule has 2 N–H and O–H groups in total. The van der Waals surface area contributed by atoms with E-state index in [1.165, 1.54) is 0 Å². The van der Waals surface area contributed by atoms with Gasteiger partial charge in [0.25, 0.3) is 0 Å². The summed E-state index contributed by atoms with van der Waals surface area (Å²) in [5.74, 6) is 1.26. The Labute approximate surface area is 65.5 Å². The van der Waals surface area contributed by atoms with E-state index in [0.29, 0.717) is 29.8 Å². The van der Waals surface area contributed by atoms with Crippen molar-refractivity contribution >= 4 is 5.91 Å². The standard InChI is InChI=1S/C8H12N2O/c11-8-5-1-4-2-7(10-8)6(5)3-9-4/h4-7,9H,1-3H2,(H,10,11). The van der Waals surface area contributed by atoms with E-state index in [1.807, 2.05) is 0 Å². The van der Waals surface area contributed by atoms with Gasteiger partial charge in [0.1, 0.15) is 0 Å². The summed E-state index contributed by atoms with van der Waals surface area (Å²) in [5.41, 5.74) is 0. The first-order chi connectivity index (χ1) is 5.34. The maximum absolute atomic E-state index is 11.3. The number of carbonyl (C=O) groups is 1. The van der Waals surface area contributed by atoms with E-state index in [2.05, 4.69) is 10.6 Å². The molecule has 0 aromatic heterocycles. The average molecular weight is 152 g/mol. The van der Waals surface area contributed by atoms with Crippen LogP contribution in [0.1, 0.15) is 12.8 Å². The smallest absolute Gasteiger partial charge is 0.223 e. The van der Waals surface area contributed by atoms with Crippen molar-refractivity contribution in [3.05, 3.63) is 0 Å². The van der Waals surface area contributed by atoms with Gasteiger partial charge < -0.3 is 10.6 Å². The van der Waals surface area contributed by atoms with Gasteiger partial charge in [-0.25, -0.2) is 0 Å². The van der Waals surface area contributed by atoms with Crippen LogP contribution in [0.3, 0.4) is 0 Å². The van der Waals surface area contributed by atoms with E-state index in [0.717, 1.165) is 19.4 Å². The van der Waals surface area contributed by atoms with Crippen LogP contribution in [0.25, 0.3) is 0 Å². The molecule has 3 saturated heterocycles. The number of rotatable bonds is 0. The van der Waals surface area contributed by atoms with Gasteiger partial charge in [-0.2, -0.15) is 0 Å². The van der Waals surface area contributed by atoms with Crippen molar-refractivity contribution < 1.29 is 4.79 Å². The van der Waals surface area contributed by atoms with Crippen LogP contribution in [-0.2, 0) is 4.79 Å². The van der Waals surface area contributed by atoms with Gasteiger partial charge in [0.15, 0.2) is 0 Å². The van der Waals surface area contributed by atoms with Crippen molar-refractivity contribution in [3.63, 3.8) is 0 Å². The lowest BCUT2D eigenvalue weighted by Gasteiger charge is -2.40. The summed E-state index contributed by atoms with van der Waals surface area (Å²) in [6.45, 7) is 1.05. The molecule has 0 aromatic rings. The summed E-state index contributed by atoms with van der Waals surface area (Å²) in [6, 6.07) is 1.13. The Bertz CT molecular complexity index is 216. The topological polar surface area (TPSA) is 41.1 Å². The van der Waals surface area contributed by atoms with Crippen molar-refractivity contribution in [1.82, 2.24) is 10.6 Å². The maximum atomic E-state index is 11.3. The number of piperidine rings is 2. The Morgan fingerprint density at radius 1 is 1.36 bits per heavy atom. The van der Waals surface area contributed by atoms with Gasteiger partial charge in [0, 0.05) is 30.5 Å². The van der Waals surface area contributed by atoms with Crippen LogP contribution >= 0.6 is 0 Å². The molecule has 4 fully saturated rings. The average Bonchev–Trinajstić information content (AvgIpc) is 2.25. The molecule has 3 nitrogen and oxygen atoms in total. The van der Waals surface area contributed by atoms with Gasteiger partial charge >= 0.3 is 0 Å². The van der Waals surface area contributed by atoms with E-state index in [9.17, 15) is 4.79 Å². The molecule has 3 aliphatic heterocycles. The van der Waals surface area contributed by atoms with E-state index < -0.39 is 0 Å². The number of nitrogens with one attached hydrogen (secondary N) is 2. The molecular weight excluding hydrogens is 140 g/mol. The Morgan fingerprint density at radius 3 is 2.91 bits per heavy atom. The lowest BCUT2D eigenvalue weighted by molar-refractivity contribution is -0.123. The fourth-order valence-corrected chi connectivity index (χ4v) is 2.85. The van der Waals surface area contributed by atoms with Crippen molar-refractivity contribution in [1.29, 1.82) is 0 Å². The number of hydrogen-bond donors (Lipinski definition) is 2. The Morgan fingerprint density at radius 2 is 2.27 bits per heavy atom. The molecule has 0 radical (unpaired) electrons. The van der Waals surface area contributed by atoms with Crippen LogP contribution in [0, 0.1) is 11.8 Å². The molecule has 4 atom stereocenters. The molecule has 1 aliphatic carbocycles. The van der Waals surface area contributed by atoms with Crippen molar-refractivity contribution in [2.24, 2.45) is 11.8 Å². The third kappa shape index (κ3) is 0.644. The van der Waals surface area contributed by atoms with Crippen LogP contribution in [0.4, 0.5) is 0 Å². The molecule has 4 unspecified atom stereocenters. The second kappa shape index (κ2) is 1.78. The minimum Gasteiger partial charge on any atom is -0.353 e. The van der Waals surface area contributed by atoms with Crippen LogP contribution in [0.15, 0.2) is 0 Å². The number of amides is 1. The molecular formula is C8H12N2O. The van der Waals surface area contributed by atoms with E-state index in [4.69, 9.17) is 0 Å². The molecule has 0 spiro atoms. The molecule has 4 rings (SSSR count). The highest BCUT2D eigenvalue weighted by Gasteiger charge is 2.50. The zero-order valence-electron chi connectivity index (χ0n) is 6.34. The largest absolute Gasteiger partial charge is 0.353 e. The van der Waals surface area contributed by atoms with Crippen molar-refractivity contribution in [2.45, 2.75) is 24.9 Å². The zero-order chi connectivity index (χ0) is 7.42. The normalized spacial score (nSPS) is 52.9. The fourth-order valence-electron chi connectivity index (χ4n) is 2.85. The van der Waals surface area contributed by atoms with Crippen LogP contribution in [0.2, 0.25) is 0 Å². The van der Waals surface area contributed by atoms with Crippen LogP contribution in [0.5, 0.6) is 0 Å². The summed E-state index contributed by atoms with van der Waals surface area (Å²) < 4.78 is 0. The summed E-state index contributed by atoms with van der Waals surface area (Å²) in [6.07, 6.45) is 2.24. The summed E-state index contributed by atoms with van der Waals surface area (Å²) in [4.78, 5) is 11.3. The third-order valence-electron chi connectivity index (χ3n) is 3.42. The highest BCUT2D eigenvalue weighted by molar-refractivity contribution is 5.82. The molecule has 3 heteroatoms. The number of hydrogen-bond acceptors (Lipinski definition) is 2. The minimum atomic E-state index is 0.309. The molecule has 3 heterocycles. The highest BCUT2D eigenvalue weighted by Crippen LogP contribution is 2.39. The molecule has 0 aromatic carbocycles. The van der Waals surface area contributed by atoms with Crippen LogP contribution < -0.4 is 10.6 Å². The third-order valence-corrected chi connectivity index (χ3v) is 3.42. The number of carbonyl (C=O) groups excluding carboxylic acids is 1. The fraction of sp³-hybridized carbons (Fsp3) is 0.875. The maximum Gasteiger partial charge on any atom is 0.223 e. The van der Waals surface area contributed by atoms with Gasteiger partial charge in [-0.15, -0.1) is 0 Å². The minimum absolute atomic E-state index is 0.309. The first-order valence-electron chi connectivity index (χ1n) is 4.38. The molecule has 1 saturated carbocycles. The Hall–Kier alpha value is -0.570. The first-order valence-corrected chi connectivity index (χ1v) is 4.38. The van der Waals surface area contributed by atoms with Gasteiger partial charge in [-0.1, -0.05) is 0 Å². The predicted octanol–water partition coefficient (Wildman–Crippen LogP) is -0.517. The number of fused-ring (bicyclic) bond motifs is 1.